The molecule has 0 N–H and O–H groups in total. The lowest BCUT2D eigenvalue weighted by Crippen LogP contribution is -2.10. The molecule has 10 aromatic rings. The molecular weight excluding hydrogens is 631 g/mol. The third kappa shape index (κ3) is 5.30. The molecule has 0 aliphatic heterocycles. The molecule has 52 heavy (non-hydrogen) atoms. The van der Waals surface area contributed by atoms with Crippen molar-refractivity contribution in [2.45, 2.75) is 0 Å². The minimum absolute atomic E-state index is 0.914. The highest BCUT2D eigenvalue weighted by Gasteiger charge is 2.17. The molecular formula is C50H33NO. The lowest BCUT2D eigenvalue weighted by Gasteiger charge is -2.27. The molecule has 0 aliphatic rings. The monoisotopic (exact) mass is 663 g/mol. The van der Waals surface area contributed by atoms with E-state index in [-0.39, 0.29) is 0 Å². The Morgan fingerprint density at radius 1 is 0.269 bits per heavy atom. The maximum atomic E-state index is 6.26. The van der Waals surface area contributed by atoms with Crippen LogP contribution in [0.4, 0.5) is 17.1 Å². The van der Waals surface area contributed by atoms with E-state index in [0.717, 1.165) is 44.4 Å². The Kier molecular flexibility index (Phi) is 7.18. The molecule has 10 rings (SSSR count). The van der Waals surface area contributed by atoms with Crippen LogP contribution in [0.3, 0.4) is 0 Å². The highest BCUT2D eigenvalue weighted by Crippen LogP contribution is 2.41. The van der Waals surface area contributed by atoms with E-state index in [2.05, 4.69) is 193 Å². The smallest absolute Gasteiger partial charge is 0.136 e. The van der Waals surface area contributed by atoms with Gasteiger partial charge in [-0.3, -0.25) is 0 Å². The van der Waals surface area contributed by atoms with Crippen LogP contribution in [0, 0.1) is 0 Å². The summed E-state index contributed by atoms with van der Waals surface area (Å²) in [7, 11) is 0. The van der Waals surface area contributed by atoms with Crippen LogP contribution in [-0.4, -0.2) is 0 Å². The second-order valence-electron chi connectivity index (χ2n) is 13.4. The van der Waals surface area contributed by atoms with Gasteiger partial charge in [-0.1, -0.05) is 140 Å². The summed E-state index contributed by atoms with van der Waals surface area (Å²) in [6, 6.07) is 71.8. The molecule has 1 heterocycles. The van der Waals surface area contributed by atoms with Gasteiger partial charge in [0.25, 0.3) is 0 Å². The first kappa shape index (κ1) is 30.0. The number of benzene rings is 9. The quantitative estimate of drug-likeness (QED) is 0.165. The molecule has 0 aliphatic carbocycles. The van der Waals surface area contributed by atoms with Gasteiger partial charge in [0.15, 0.2) is 0 Å². The summed E-state index contributed by atoms with van der Waals surface area (Å²) >= 11 is 0. The molecule has 0 spiro atoms. The zero-order valence-electron chi connectivity index (χ0n) is 28.4. The van der Waals surface area contributed by atoms with Gasteiger partial charge in [-0.15, -0.1) is 0 Å². The second-order valence-corrected chi connectivity index (χ2v) is 13.4. The number of anilines is 3. The normalized spacial score (nSPS) is 11.5. The van der Waals surface area contributed by atoms with Gasteiger partial charge in [0.05, 0.1) is 0 Å². The molecule has 0 amide bonds. The van der Waals surface area contributed by atoms with Crippen LogP contribution < -0.4 is 4.90 Å². The highest BCUT2D eigenvalue weighted by molar-refractivity contribution is 6.17. The van der Waals surface area contributed by atoms with Gasteiger partial charge in [0, 0.05) is 27.8 Å². The van der Waals surface area contributed by atoms with Crippen molar-refractivity contribution >= 4 is 60.5 Å². The number of nitrogens with zero attached hydrogens (tertiary/aromatic N) is 1. The van der Waals surface area contributed by atoms with Crippen molar-refractivity contribution in [1.29, 1.82) is 0 Å². The Morgan fingerprint density at radius 2 is 0.808 bits per heavy atom. The fraction of sp³-hybridized carbons (Fsp3) is 0. The highest BCUT2D eigenvalue weighted by atomic mass is 16.3. The zero-order chi connectivity index (χ0) is 34.4. The van der Waals surface area contributed by atoms with Crippen molar-refractivity contribution in [2.75, 3.05) is 4.90 Å². The van der Waals surface area contributed by atoms with Crippen LogP contribution in [0.1, 0.15) is 0 Å². The Morgan fingerprint density at radius 3 is 1.60 bits per heavy atom. The lowest BCUT2D eigenvalue weighted by molar-refractivity contribution is 0.669. The Labute approximate surface area is 302 Å². The first-order valence-electron chi connectivity index (χ1n) is 17.7. The molecule has 0 radical (unpaired) electrons. The van der Waals surface area contributed by atoms with Crippen molar-refractivity contribution in [3.8, 4) is 33.4 Å². The van der Waals surface area contributed by atoms with Crippen molar-refractivity contribution in [2.24, 2.45) is 0 Å². The van der Waals surface area contributed by atoms with Crippen LogP contribution in [0.15, 0.2) is 205 Å². The number of furan rings is 1. The van der Waals surface area contributed by atoms with Gasteiger partial charge in [-0.25, -0.2) is 0 Å². The number of fused-ring (bicyclic) bond motifs is 6. The van der Waals surface area contributed by atoms with E-state index in [1.807, 2.05) is 12.1 Å². The summed E-state index contributed by atoms with van der Waals surface area (Å²) in [6.07, 6.45) is 0. The third-order valence-corrected chi connectivity index (χ3v) is 10.2. The lowest BCUT2D eigenvalue weighted by atomic mass is 9.97. The Hall–Kier alpha value is -6.90. The predicted molar refractivity (Wildman–Crippen MR) is 220 cm³/mol. The third-order valence-electron chi connectivity index (χ3n) is 10.2. The fourth-order valence-corrected chi connectivity index (χ4v) is 7.61. The topological polar surface area (TPSA) is 16.4 Å². The summed E-state index contributed by atoms with van der Waals surface area (Å²) in [5, 5.41) is 7.06. The van der Waals surface area contributed by atoms with Gasteiger partial charge in [-0.05, 0) is 116 Å². The molecule has 0 unspecified atom stereocenters. The minimum Gasteiger partial charge on any atom is -0.456 e. The van der Waals surface area contributed by atoms with E-state index in [1.54, 1.807) is 0 Å². The second kappa shape index (κ2) is 12.5. The molecule has 1 aromatic heterocycles. The summed E-state index contributed by atoms with van der Waals surface area (Å²) < 4.78 is 6.26. The van der Waals surface area contributed by atoms with Gasteiger partial charge in [0.2, 0.25) is 0 Å². The maximum Gasteiger partial charge on any atom is 0.136 e. The average molecular weight is 664 g/mol. The standard InChI is InChI=1S/C50H33NO/c1-3-11-34(12-4-1)36-23-26-42(27-24-36)51(43-18-10-17-40(30-43)39-16-9-15-38(29-39)35-13-5-2-6-14-35)44-28-25-37-21-22-41-31-50-48(33-47(41)46(37)32-44)45-19-7-8-20-49(45)52-50/h1-33H. The van der Waals surface area contributed by atoms with E-state index in [1.165, 1.54) is 49.5 Å². The van der Waals surface area contributed by atoms with E-state index in [4.69, 9.17) is 4.42 Å². The minimum atomic E-state index is 0.914. The van der Waals surface area contributed by atoms with Crippen LogP contribution in [0.25, 0.3) is 76.9 Å². The number of rotatable bonds is 6. The van der Waals surface area contributed by atoms with Crippen LogP contribution in [0.2, 0.25) is 0 Å². The first-order chi connectivity index (χ1) is 25.7. The van der Waals surface area contributed by atoms with Crippen molar-refractivity contribution < 1.29 is 4.42 Å². The average Bonchev–Trinajstić information content (AvgIpc) is 3.59. The number of para-hydroxylation sites is 1. The van der Waals surface area contributed by atoms with Crippen LogP contribution in [0.5, 0.6) is 0 Å². The molecule has 0 atom stereocenters. The summed E-state index contributed by atoms with van der Waals surface area (Å²) in [5.74, 6) is 0. The molecule has 9 aromatic carbocycles. The van der Waals surface area contributed by atoms with E-state index in [9.17, 15) is 0 Å². The first-order valence-corrected chi connectivity index (χ1v) is 17.7. The molecule has 244 valence electrons. The molecule has 0 saturated heterocycles. The predicted octanol–water partition coefficient (Wildman–Crippen LogP) is 14.4. The summed E-state index contributed by atoms with van der Waals surface area (Å²) in [4.78, 5) is 2.38. The van der Waals surface area contributed by atoms with Gasteiger partial charge in [0.1, 0.15) is 11.2 Å². The number of hydrogen-bond donors (Lipinski definition) is 0. The van der Waals surface area contributed by atoms with Crippen molar-refractivity contribution in [3.05, 3.63) is 200 Å². The molecule has 2 heteroatoms. The summed E-state index contributed by atoms with van der Waals surface area (Å²) in [6.45, 7) is 0. The molecule has 0 saturated carbocycles. The molecule has 0 fully saturated rings. The van der Waals surface area contributed by atoms with Gasteiger partial charge >= 0.3 is 0 Å². The van der Waals surface area contributed by atoms with E-state index in [0.29, 0.717) is 0 Å². The van der Waals surface area contributed by atoms with Crippen molar-refractivity contribution in [1.82, 2.24) is 0 Å². The molecule has 2 nitrogen and oxygen atoms in total. The number of hydrogen-bond acceptors (Lipinski definition) is 2. The van der Waals surface area contributed by atoms with Gasteiger partial charge in [-0.2, -0.15) is 0 Å². The zero-order valence-corrected chi connectivity index (χ0v) is 28.4. The summed E-state index contributed by atoms with van der Waals surface area (Å²) in [5.41, 5.74) is 12.3. The van der Waals surface area contributed by atoms with E-state index >= 15 is 0 Å². The largest absolute Gasteiger partial charge is 0.456 e. The SMILES string of the molecule is c1ccc(-c2ccc(N(c3cccc(-c4cccc(-c5ccccc5)c4)c3)c3ccc4ccc5cc6oc7ccccc7c6cc5c4c3)cc2)cc1. The Balaban J connectivity index is 1.14. The van der Waals surface area contributed by atoms with Crippen molar-refractivity contribution in [3.63, 3.8) is 0 Å². The van der Waals surface area contributed by atoms with Gasteiger partial charge < -0.3 is 9.32 Å². The molecule has 0 bridgehead atoms. The maximum absolute atomic E-state index is 6.26. The Bertz CT molecular complexity index is 2890. The van der Waals surface area contributed by atoms with Crippen LogP contribution in [-0.2, 0) is 0 Å². The van der Waals surface area contributed by atoms with Crippen LogP contribution >= 0.6 is 0 Å². The fourth-order valence-electron chi connectivity index (χ4n) is 7.61. The van der Waals surface area contributed by atoms with E-state index < -0.39 is 0 Å².